The number of rotatable bonds is 2. The lowest BCUT2D eigenvalue weighted by atomic mass is 10.0. The summed E-state index contributed by atoms with van der Waals surface area (Å²) in [5.74, 6) is -0.495. The normalized spacial score (nSPS) is 13.7. The number of guanidine groups is 1. The number of carbonyl (C=O) groups is 2. The van der Waals surface area contributed by atoms with Gasteiger partial charge in [-0.25, -0.2) is 0 Å². The van der Waals surface area contributed by atoms with E-state index in [0.717, 1.165) is 12.8 Å². The number of carbonyl (C=O) groups excluding carboxylic acids is 2. The maximum atomic E-state index is 12.5. The molecule has 1 aromatic heterocycles. The Morgan fingerprint density at radius 1 is 1.31 bits per heavy atom. The van der Waals surface area contributed by atoms with E-state index in [1.165, 1.54) is 7.11 Å². The Morgan fingerprint density at radius 2 is 1.93 bits per heavy atom. The first-order valence-electron chi connectivity index (χ1n) is 8.43. The number of aryl methyl sites for hydroxylation is 1. The van der Waals surface area contributed by atoms with E-state index in [1.807, 2.05) is 0 Å². The van der Waals surface area contributed by atoms with E-state index in [1.54, 1.807) is 16.7 Å². The zero-order chi connectivity index (χ0) is 21.9. The number of nitrogens with two attached hydrogens (primary N) is 2. The molecule has 12 heteroatoms. The SMILES string of the molecule is COc1cc2c3c(cc(C(=O)N=C(N)N)n3CCCCC2=O)c1Cl.CS(=O)(=O)O. The number of halogens is 1. The second-order valence-electron chi connectivity index (χ2n) is 6.34. The van der Waals surface area contributed by atoms with Crippen molar-refractivity contribution in [3.63, 3.8) is 0 Å². The minimum atomic E-state index is -3.67. The molecule has 0 fully saturated rings. The quantitative estimate of drug-likeness (QED) is 0.356. The molecular formula is C17H21ClN4O6S. The van der Waals surface area contributed by atoms with Gasteiger partial charge in [0.2, 0.25) is 0 Å². The first-order valence-corrected chi connectivity index (χ1v) is 10.7. The lowest BCUT2D eigenvalue weighted by Gasteiger charge is -2.16. The molecule has 0 unspecified atom stereocenters. The minimum absolute atomic E-state index is 0.00476. The van der Waals surface area contributed by atoms with Crippen molar-refractivity contribution in [1.29, 1.82) is 0 Å². The molecule has 158 valence electrons. The van der Waals surface area contributed by atoms with Gasteiger partial charge >= 0.3 is 0 Å². The highest BCUT2D eigenvalue weighted by molar-refractivity contribution is 7.85. The summed E-state index contributed by atoms with van der Waals surface area (Å²) in [5, 5.41) is 0.928. The largest absolute Gasteiger partial charge is 0.495 e. The van der Waals surface area contributed by atoms with E-state index >= 15 is 0 Å². The molecule has 5 N–H and O–H groups in total. The van der Waals surface area contributed by atoms with Crippen LogP contribution in [-0.4, -0.2) is 48.6 Å². The maximum absolute atomic E-state index is 12.5. The monoisotopic (exact) mass is 444 g/mol. The highest BCUT2D eigenvalue weighted by Gasteiger charge is 2.25. The summed E-state index contributed by atoms with van der Waals surface area (Å²) in [7, 11) is -2.18. The van der Waals surface area contributed by atoms with Crippen LogP contribution >= 0.6 is 11.6 Å². The summed E-state index contributed by atoms with van der Waals surface area (Å²) in [6.07, 6.45) is 2.66. The van der Waals surface area contributed by atoms with Gasteiger partial charge < -0.3 is 20.8 Å². The third-order valence-corrected chi connectivity index (χ3v) is 4.48. The molecule has 1 aliphatic heterocycles. The fourth-order valence-corrected chi connectivity index (χ4v) is 3.31. The second kappa shape index (κ2) is 8.80. The van der Waals surface area contributed by atoms with Gasteiger partial charge in [0.05, 0.1) is 23.9 Å². The van der Waals surface area contributed by atoms with Crippen LogP contribution in [-0.2, 0) is 16.7 Å². The van der Waals surface area contributed by atoms with E-state index < -0.39 is 16.0 Å². The molecule has 2 heterocycles. The summed E-state index contributed by atoms with van der Waals surface area (Å²) in [6.45, 7) is 0.577. The Bertz CT molecular complexity index is 1100. The Kier molecular flexibility index (Phi) is 6.88. The van der Waals surface area contributed by atoms with Gasteiger partial charge in [0.15, 0.2) is 11.7 Å². The molecule has 3 rings (SSSR count). The van der Waals surface area contributed by atoms with Crippen molar-refractivity contribution in [1.82, 2.24) is 4.57 Å². The number of amides is 1. The fourth-order valence-electron chi connectivity index (χ4n) is 3.04. The van der Waals surface area contributed by atoms with Crippen LogP contribution in [0.4, 0.5) is 0 Å². The number of ether oxygens (including phenoxy) is 1. The summed E-state index contributed by atoms with van der Waals surface area (Å²) < 4.78 is 32.9. The number of benzene rings is 1. The lowest BCUT2D eigenvalue weighted by molar-refractivity contribution is 0.0969. The van der Waals surface area contributed by atoms with Crippen molar-refractivity contribution in [3.8, 4) is 5.75 Å². The van der Waals surface area contributed by atoms with E-state index in [9.17, 15) is 18.0 Å². The molecule has 0 saturated heterocycles. The van der Waals surface area contributed by atoms with Gasteiger partial charge in [0.25, 0.3) is 16.0 Å². The van der Waals surface area contributed by atoms with Crippen LogP contribution in [0.1, 0.15) is 40.1 Å². The van der Waals surface area contributed by atoms with Gasteiger partial charge in [-0.1, -0.05) is 11.6 Å². The number of aromatic nitrogens is 1. The van der Waals surface area contributed by atoms with Crippen LogP contribution in [0.2, 0.25) is 5.02 Å². The van der Waals surface area contributed by atoms with Gasteiger partial charge in [-0.2, -0.15) is 13.4 Å². The predicted octanol–water partition coefficient (Wildman–Crippen LogP) is 1.59. The van der Waals surface area contributed by atoms with E-state index in [4.69, 9.17) is 32.4 Å². The van der Waals surface area contributed by atoms with Crippen LogP contribution in [0.5, 0.6) is 5.75 Å². The summed E-state index contributed by atoms with van der Waals surface area (Å²) in [6, 6.07) is 3.24. The third kappa shape index (κ3) is 5.46. The van der Waals surface area contributed by atoms with Crippen LogP contribution < -0.4 is 16.2 Å². The number of ketones is 1. The van der Waals surface area contributed by atoms with Crippen molar-refractivity contribution < 1.29 is 27.3 Å². The molecule has 2 aromatic rings. The van der Waals surface area contributed by atoms with E-state index in [2.05, 4.69) is 4.99 Å². The Labute approximate surface area is 172 Å². The summed E-state index contributed by atoms with van der Waals surface area (Å²) >= 11 is 6.39. The summed E-state index contributed by atoms with van der Waals surface area (Å²) in [5.41, 5.74) is 12.0. The average molecular weight is 445 g/mol. The standard InChI is InChI=1S/C16H17ClN4O3.CH4O3S/c1-24-12-7-8-11(22)4-2-3-5-21-10(15(23)20-16(18)19)6-9(13(12)17)14(8)21;1-5(2,3)4/h6-7H,2-5H2,1H3,(H4,18,19,20,23);1H3,(H,2,3,4). The highest BCUT2D eigenvalue weighted by Crippen LogP contribution is 2.39. The number of hydrogen-bond donors (Lipinski definition) is 3. The minimum Gasteiger partial charge on any atom is -0.495 e. The van der Waals surface area contributed by atoms with Crippen LogP contribution in [0.25, 0.3) is 10.9 Å². The van der Waals surface area contributed by atoms with Crippen LogP contribution in [0.15, 0.2) is 17.1 Å². The first-order chi connectivity index (χ1) is 13.4. The molecule has 1 aliphatic rings. The van der Waals surface area contributed by atoms with Gasteiger partial charge in [-0.3, -0.25) is 14.1 Å². The van der Waals surface area contributed by atoms with E-state index in [-0.39, 0.29) is 11.7 Å². The number of aliphatic imine (C=N–C) groups is 1. The molecule has 1 amide bonds. The number of methoxy groups -OCH3 is 1. The van der Waals surface area contributed by atoms with Crippen LogP contribution in [0.3, 0.4) is 0 Å². The van der Waals surface area contributed by atoms with E-state index in [0.29, 0.717) is 52.2 Å². The Hall–Kier alpha value is -2.63. The topological polar surface area (TPSA) is 167 Å². The predicted molar refractivity (Wildman–Crippen MR) is 109 cm³/mol. The fraction of sp³-hybridized carbons (Fsp3) is 0.353. The van der Waals surface area contributed by atoms with Crippen molar-refractivity contribution in [3.05, 3.63) is 28.4 Å². The molecule has 0 atom stereocenters. The van der Waals surface area contributed by atoms with Crippen LogP contribution in [0, 0.1) is 0 Å². The molecule has 0 aliphatic carbocycles. The number of hydrogen-bond acceptors (Lipinski definition) is 5. The Morgan fingerprint density at radius 3 is 2.48 bits per heavy atom. The lowest BCUT2D eigenvalue weighted by Crippen LogP contribution is -2.25. The number of Topliss-reactive ketones (excluding diaryl/α,β-unsaturated/α-hetero) is 1. The second-order valence-corrected chi connectivity index (χ2v) is 8.18. The molecule has 0 bridgehead atoms. The molecule has 10 nitrogen and oxygen atoms in total. The zero-order valence-electron chi connectivity index (χ0n) is 15.8. The highest BCUT2D eigenvalue weighted by atomic mass is 35.5. The molecule has 29 heavy (non-hydrogen) atoms. The van der Waals surface area contributed by atoms with Crippen molar-refractivity contribution in [2.75, 3.05) is 13.4 Å². The zero-order valence-corrected chi connectivity index (χ0v) is 17.4. The van der Waals surface area contributed by atoms with Crippen molar-refractivity contribution in [2.45, 2.75) is 25.8 Å². The van der Waals surface area contributed by atoms with Gasteiger partial charge in [-0.05, 0) is 25.0 Å². The maximum Gasteiger partial charge on any atom is 0.296 e. The van der Waals surface area contributed by atoms with Gasteiger partial charge in [-0.15, -0.1) is 0 Å². The van der Waals surface area contributed by atoms with Gasteiger partial charge in [0, 0.05) is 23.9 Å². The molecule has 0 saturated carbocycles. The Balaban J connectivity index is 0.000000537. The summed E-state index contributed by atoms with van der Waals surface area (Å²) in [4.78, 5) is 28.5. The first kappa shape index (κ1) is 22.7. The molecular weight excluding hydrogens is 424 g/mol. The van der Waals surface area contributed by atoms with Crippen molar-refractivity contribution >= 4 is 50.3 Å². The average Bonchev–Trinajstić information content (AvgIpc) is 2.95. The third-order valence-electron chi connectivity index (χ3n) is 4.09. The molecule has 0 radical (unpaired) electrons. The number of nitrogens with zero attached hydrogens (tertiary/aromatic N) is 2. The van der Waals surface area contributed by atoms with Crippen molar-refractivity contribution in [2.24, 2.45) is 16.5 Å². The molecule has 1 aromatic carbocycles. The molecule has 0 spiro atoms. The smallest absolute Gasteiger partial charge is 0.296 e. The van der Waals surface area contributed by atoms with Gasteiger partial charge in [0.1, 0.15) is 11.4 Å².